The Morgan fingerprint density at radius 1 is 0.667 bits per heavy atom. The molecule has 7 heteroatoms. The summed E-state index contributed by atoms with van der Waals surface area (Å²) in [7, 11) is -0.864. The first-order chi connectivity index (χ1) is 10.8. The van der Waals surface area contributed by atoms with E-state index in [9.17, 15) is 0 Å². The maximum Gasteiger partial charge on any atom is 0.514 e. The monoisotopic (exact) mass is 331 g/mol. The van der Waals surface area contributed by atoms with Crippen LogP contribution in [0.3, 0.4) is 0 Å². The van der Waals surface area contributed by atoms with Gasteiger partial charge in [-0.25, -0.2) is 0 Å². The zero-order chi connectivity index (χ0) is 18.0. The number of pyridine rings is 1. The Bertz CT molecular complexity index is 541. The third-order valence-electron chi connectivity index (χ3n) is 5.83. The molecule has 3 heterocycles. The van der Waals surface area contributed by atoms with Crippen LogP contribution in [0.5, 0.6) is 0 Å². The summed E-state index contributed by atoms with van der Waals surface area (Å²) in [6.45, 7) is 16.3. The normalized spacial score (nSPS) is 26.8. The highest BCUT2D eigenvalue weighted by Gasteiger charge is 2.53. The molecule has 0 atom stereocenters. The summed E-state index contributed by atoms with van der Waals surface area (Å²) in [4.78, 5) is 4.52. The van der Waals surface area contributed by atoms with Crippen LogP contribution in [-0.4, -0.2) is 41.6 Å². The van der Waals surface area contributed by atoms with Crippen LogP contribution in [0.25, 0.3) is 0 Å². The van der Waals surface area contributed by atoms with Gasteiger partial charge in [-0.1, -0.05) is 6.07 Å². The van der Waals surface area contributed by atoms with Gasteiger partial charge in [-0.15, -0.1) is 0 Å². The minimum atomic E-state index is -0.456. The van der Waals surface area contributed by atoms with Crippen molar-refractivity contribution in [2.45, 2.75) is 77.8 Å². The smallest absolute Gasteiger partial charge is 0.399 e. The Hall–Kier alpha value is -0.880. The highest BCUT2D eigenvalue weighted by Crippen LogP contribution is 2.37. The maximum absolute atomic E-state index is 6.06. The summed E-state index contributed by atoms with van der Waals surface area (Å²) >= 11 is 0. The zero-order valence-corrected chi connectivity index (χ0v) is 16.0. The van der Waals surface area contributed by atoms with Gasteiger partial charge in [-0.2, -0.15) is 0 Å². The summed E-state index contributed by atoms with van der Waals surface area (Å²) in [5, 5.41) is 0. The van der Waals surface area contributed by atoms with Crippen LogP contribution in [0, 0.1) is 0 Å². The van der Waals surface area contributed by atoms with Crippen LogP contribution in [0.2, 0.25) is 0 Å². The van der Waals surface area contributed by atoms with Crippen LogP contribution in [0.1, 0.15) is 55.4 Å². The maximum atomic E-state index is 6.06. The average Bonchev–Trinajstić information content (AvgIpc) is 2.79. The summed E-state index contributed by atoms with van der Waals surface area (Å²) in [6.07, 6.45) is 1.78. The lowest BCUT2D eigenvalue weighted by atomic mass is 9.78. The van der Waals surface area contributed by atoms with Gasteiger partial charge in [0.15, 0.2) is 0 Å². The minimum absolute atomic E-state index is 0.359. The number of rotatable bonds is 2. The lowest BCUT2D eigenvalue weighted by molar-refractivity contribution is 0.00578. The van der Waals surface area contributed by atoms with Crippen LogP contribution in [0.4, 0.5) is 0 Å². The van der Waals surface area contributed by atoms with Crippen molar-refractivity contribution in [1.29, 1.82) is 0 Å². The molecule has 0 spiro atoms. The molecule has 0 aromatic carbocycles. The molecule has 3 rings (SSSR count). The molecule has 0 amide bonds. The number of aromatic nitrogens is 1. The van der Waals surface area contributed by atoms with Crippen molar-refractivity contribution < 1.29 is 18.6 Å². The number of hydrogen-bond acceptors (Lipinski definition) is 5. The van der Waals surface area contributed by atoms with E-state index in [0.29, 0.717) is 0 Å². The highest BCUT2D eigenvalue weighted by molar-refractivity contribution is 6.63. The fourth-order valence-corrected chi connectivity index (χ4v) is 2.64. The fraction of sp³-hybridized carbons (Fsp3) is 0.706. The van der Waals surface area contributed by atoms with Gasteiger partial charge in [0.25, 0.3) is 0 Å². The van der Waals surface area contributed by atoms with Crippen molar-refractivity contribution in [2.75, 3.05) is 0 Å². The van der Waals surface area contributed by atoms with Gasteiger partial charge in [0.2, 0.25) is 0 Å². The average molecular weight is 331 g/mol. The van der Waals surface area contributed by atoms with E-state index in [2.05, 4.69) is 4.98 Å². The molecule has 2 aliphatic heterocycles. The van der Waals surface area contributed by atoms with E-state index in [1.54, 1.807) is 6.20 Å². The molecule has 0 unspecified atom stereocenters. The third-order valence-corrected chi connectivity index (χ3v) is 5.83. The molecule has 1 aromatic rings. The molecule has 1 aromatic heterocycles. The molecular formula is C17H27B2NO4. The standard InChI is InChI=1S/C17H27B2NO4/c1-14(2)15(3,4)22-18(21-14)12-9-10-13(20-11-12)19-23-16(5,6)17(7,8)24-19/h9-11H,1-8H3. The molecule has 0 radical (unpaired) electrons. The largest absolute Gasteiger partial charge is 0.514 e. The highest BCUT2D eigenvalue weighted by atomic mass is 16.7. The second-order valence-electron chi connectivity index (χ2n) is 8.69. The van der Waals surface area contributed by atoms with E-state index < -0.39 is 14.2 Å². The second kappa shape index (κ2) is 5.31. The topological polar surface area (TPSA) is 49.8 Å². The summed E-state index contributed by atoms with van der Waals surface area (Å²) < 4.78 is 24.2. The van der Waals surface area contributed by atoms with E-state index >= 15 is 0 Å². The molecule has 0 N–H and O–H groups in total. The van der Waals surface area contributed by atoms with Gasteiger partial charge < -0.3 is 18.6 Å². The van der Waals surface area contributed by atoms with Crippen molar-refractivity contribution in [3.05, 3.63) is 18.3 Å². The van der Waals surface area contributed by atoms with Crippen LogP contribution >= 0.6 is 0 Å². The van der Waals surface area contributed by atoms with Crippen molar-refractivity contribution >= 4 is 25.3 Å². The zero-order valence-electron chi connectivity index (χ0n) is 16.0. The predicted octanol–water partition coefficient (Wildman–Crippen LogP) is 1.68. The Kier molecular flexibility index (Phi) is 3.96. The summed E-state index contributed by atoms with van der Waals surface area (Å²) in [5.41, 5.74) is 0.195. The summed E-state index contributed by atoms with van der Waals surface area (Å²) in [5.74, 6) is 0. The fourth-order valence-electron chi connectivity index (χ4n) is 2.64. The quantitative estimate of drug-likeness (QED) is 0.772. The van der Waals surface area contributed by atoms with E-state index in [-0.39, 0.29) is 22.4 Å². The van der Waals surface area contributed by atoms with Crippen LogP contribution < -0.4 is 11.1 Å². The molecule has 130 valence electrons. The molecule has 2 fully saturated rings. The van der Waals surface area contributed by atoms with Gasteiger partial charge in [-0.05, 0) is 61.5 Å². The van der Waals surface area contributed by atoms with Crippen molar-refractivity contribution in [1.82, 2.24) is 4.98 Å². The first-order valence-electron chi connectivity index (χ1n) is 8.52. The van der Waals surface area contributed by atoms with E-state index in [1.807, 2.05) is 67.5 Å². The Morgan fingerprint density at radius 3 is 1.46 bits per heavy atom. The molecule has 0 bridgehead atoms. The van der Waals surface area contributed by atoms with E-state index in [4.69, 9.17) is 18.6 Å². The van der Waals surface area contributed by atoms with Crippen molar-refractivity contribution in [2.24, 2.45) is 0 Å². The summed E-state index contributed by atoms with van der Waals surface area (Å²) in [6, 6.07) is 3.89. The van der Waals surface area contributed by atoms with Gasteiger partial charge in [0.05, 0.1) is 28.0 Å². The predicted molar refractivity (Wildman–Crippen MR) is 95.7 cm³/mol. The Labute approximate surface area is 145 Å². The molecule has 5 nitrogen and oxygen atoms in total. The molecule has 2 aliphatic rings. The SMILES string of the molecule is CC1(C)OB(c2ccc(B3OC(C)(C)C(C)(C)O3)nc2)OC1(C)C. The van der Waals surface area contributed by atoms with Crippen LogP contribution in [-0.2, 0) is 18.6 Å². The van der Waals surface area contributed by atoms with Gasteiger partial charge in [0, 0.05) is 11.7 Å². The third kappa shape index (κ3) is 2.81. The lowest BCUT2D eigenvalue weighted by Crippen LogP contribution is -2.41. The lowest BCUT2D eigenvalue weighted by Gasteiger charge is -2.32. The van der Waals surface area contributed by atoms with E-state index in [0.717, 1.165) is 11.1 Å². The Morgan fingerprint density at radius 2 is 1.08 bits per heavy atom. The molecule has 2 saturated heterocycles. The van der Waals surface area contributed by atoms with E-state index in [1.165, 1.54) is 0 Å². The first-order valence-corrected chi connectivity index (χ1v) is 8.52. The van der Waals surface area contributed by atoms with Crippen LogP contribution in [0.15, 0.2) is 18.3 Å². The second-order valence-corrected chi connectivity index (χ2v) is 8.69. The minimum Gasteiger partial charge on any atom is -0.399 e. The van der Waals surface area contributed by atoms with Crippen molar-refractivity contribution in [3.63, 3.8) is 0 Å². The molecule has 0 saturated carbocycles. The van der Waals surface area contributed by atoms with Gasteiger partial charge in [0.1, 0.15) is 0 Å². The first kappa shape index (κ1) is 17.9. The molecular weight excluding hydrogens is 304 g/mol. The van der Waals surface area contributed by atoms with Gasteiger partial charge in [-0.3, -0.25) is 4.98 Å². The number of hydrogen-bond donors (Lipinski definition) is 0. The van der Waals surface area contributed by atoms with Gasteiger partial charge >= 0.3 is 14.2 Å². The van der Waals surface area contributed by atoms with Crippen molar-refractivity contribution in [3.8, 4) is 0 Å². The number of nitrogens with zero attached hydrogens (tertiary/aromatic N) is 1. The molecule has 24 heavy (non-hydrogen) atoms. The molecule has 0 aliphatic carbocycles. The Balaban J connectivity index is 1.76.